The molecule has 2 rings (SSSR count). The monoisotopic (exact) mass is 291 g/mol. The molecular formula is C15H21N3O3. The lowest BCUT2D eigenvalue weighted by Crippen LogP contribution is -2.38. The summed E-state index contributed by atoms with van der Waals surface area (Å²) in [4.78, 5) is 28.5. The largest absolute Gasteiger partial charge is 0.481 e. The van der Waals surface area contributed by atoms with Crippen molar-refractivity contribution in [2.24, 2.45) is 5.92 Å². The van der Waals surface area contributed by atoms with Gasteiger partial charge in [-0.2, -0.15) is 0 Å². The Morgan fingerprint density at radius 3 is 3.05 bits per heavy atom. The first-order chi connectivity index (χ1) is 10.1. The van der Waals surface area contributed by atoms with Gasteiger partial charge in [0.15, 0.2) is 0 Å². The number of amides is 2. The van der Waals surface area contributed by atoms with E-state index in [0.29, 0.717) is 32.0 Å². The topological polar surface area (TPSA) is 82.5 Å². The van der Waals surface area contributed by atoms with Crippen LogP contribution in [0.1, 0.15) is 30.4 Å². The summed E-state index contributed by atoms with van der Waals surface area (Å²) in [6.07, 6.45) is 5.19. The molecule has 6 heteroatoms. The van der Waals surface area contributed by atoms with Crippen LogP contribution in [-0.4, -0.2) is 40.1 Å². The minimum atomic E-state index is -0.772. The number of carbonyl (C=O) groups is 2. The first-order valence-electron chi connectivity index (χ1n) is 7.20. The fourth-order valence-electron chi connectivity index (χ4n) is 2.56. The van der Waals surface area contributed by atoms with E-state index in [4.69, 9.17) is 5.11 Å². The predicted molar refractivity (Wildman–Crippen MR) is 77.8 cm³/mol. The third-order valence-electron chi connectivity index (χ3n) is 3.91. The van der Waals surface area contributed by atoms with E-state index in [1.54, 1.807) is 17.3 Å². The summed E-state index contributed by atoms with van der Waals surface area (Å²) in [7, 11) is 0. The van der Waals surface area contributed by atoms with Crippen molar-refractivity contribution in [3.8, 4) is 0 Å². The number of hydrogen-bond acceptors (Lipinski definition) is 3. The van der Waals surface area contributed by atoms with Gasteiger partial charge in [-0.1, -0.05) is 0 Å². The highest BCUT2D eigenvalue weighted by Gasteiger charge is 2.26. The van der Waals surface area contributed by atoms with Crippen LogP contribution >= 0.6 is 0 Å². The molecule has 2 N–H and O–H groups in total. The molecule has 1 aromatic rings. The number of carboxylic acid groups (broad SMARTS) is 1. The summed E-state index contributed by atoms with van der Waals surface area (Å²) in [5.41, 5.74) is 2.11. The SMILES string of the molecule is Cc1cnccc1CNC(=O)N1CCC(CCC(=O)O)C1. The second-order valence-electron chi connectivity index (χ2n) is 5.49. The van der Waals surface area contributed by atoms with Crippen LogP contribution in [0.15, 0.2) is 18.5 Å². The van der Waals surface area contributed by atoms with E-state index in [1.165, 1.54) is 0 Å². The quantitative estimate of drug-likeness (QED) is 0.866. The van der Waals surface area contributed by atoms with Gasteiger partial charge in [-0.25, -0.2) is 4.79 Å². The molecule has 0 aromatic carbocycles. The van der Waals surface area contributed by atoms with Crippen molar-refractivity contribution in [1.29, 1.82) is 0 Å². The Hall–Kier alpha value is -2.11. The Bertz CT molecular complexity index is 519. The van der Waals surface area contributed by atoms with Gasteiger partial charge in [-0.3, -0.25) is 9.78 Å². The van der Waals surface area contributed by atoms with Gasteiger partial charge in [0.2, 0.25) is 0 Å². The molecule has 21 heavy (non-hydrogen) atoms. The first kappa shape index (κ1) is 15.3. The molecule has 2 amide bonds. The molecule has 1 saturated heterocycles. The summed E-state index contributed by atoms with van der Waals surface area (Å²) >= 11 is 0. The van der Waals surface area contributed by atoms with E-state index >= 15 is 0 Å². The lowest BCUT2D eigenvalue weighted by molar-refractivity contribution is -0.137. The lowest BCUT2D eigenvalue weighted by atomic mass is 10.0. The number of aromatic nitrogens is 1. The highest BCUT2D eigenvalue weighted by molar-refractivity contribution is 5.74. The number of aryl methyl sites for hydroxylation is 1. The number of carbonyl (C=O) groups excluding carboxylic acids is 1. The van der Waals surface area contributed by atoms with Gasteiger partial charge in [-0.05, 0) is 42.9 Å². The second kappa shape index (κ2) is 7.06. The molecule has 0 spiro atoms. The van der Waals surface area contributed by atoms with Crippen LogP contribution in [0.5, 0.6) is 0 Å². The van der Waals surface area contributed by atoms with Crippen molar-refractivity contribution >= 4 is 12.0 Å². The standard InChI is InChI=1S/C15H21N3O3/c1-11-8-16-6-4-13(11)9-17-15(21)18-7-5-12(10-18)2-3-14(19)20/h4,6,8,12H,2-3,5,7,9-10H2,1H3,(H,17,21)(H,19,20). The third kappa shape index (κ3) is 4.44. The van der Waals surface area contributed by atoms with E-state index in [2.05, 4.69) is 10.3 Å². The Morgan fingerprint density at radius 2 is 2.33 bits per heavy atom. The number of nitrogens with one attached hydrogen (secondary N) is 1. The number of urea groups is 1. The smallest absolute Gasteiger partial charge is 0.317 e. The number of aliphatic carboxylic acids is 1. The van der Waals surface area contributed by atoms with Crippen molar-refractivity contribution < 1.29 is 14.7 Å². The molecule has 0 aliphatic carbocycles. The van der Waals surface area contributed by atoms with E-state index in [9.17, 15) is 9.59 Å². The molecular weight excluding hydrogens is 270 g/mol. The lowest BCUT2D eigenvalue weighted by Gasteiger charge is -2.17. The molecule has 1 unspecified atom stereocenters. The number of likely N-dealkylation sites (tertiary alicyclic amines) is 1. The normalized spacial score (nSPS) is 17.8. The van der Waals surface area contributed by atoms with Crippen LogP contribution in [-0.2, 0) is 11.3 Å². The summed E-state index contributed by atoms with van der Waals surface area (Å²) in [5.74, 6) is -0.472. The average molecular weight is 291 g/mol. The zero-order valence-corrected chi connectivity index (χ0v) is 12.2. The molecule has 1 fully saturated rings. The van der Waals surface area contributed by atoms with Crippen molar-refractivity contribution in [3.05, 3.63) is 29.6 Å². The van der Waals surface area contributed by atoms with Gasteiger partial charge < -0.3 is 15.3 Å². The van der Waals surface area contributed by atoms with Crippen LogP contribution in [0.4, 0.5) is 4.79 Å². The molecule has 0 bridgehead atoms. The van der Waals surface area contributed by atoms with Crippen LogP contribution in [0.3, 0.4) is 0 Å². The number of pyridine rings is 1. The predicted octanol–water partition coefficient (Wildman–Crippen LogP) is 1.79. The minimum absolute atomic E-state index is 0.0796. The maximum Gasteiger partial charge on any atom is 0.317 e. The minimum Gasteiger partial charge on any atom is -0.481 e. The zero-order chi connectivity index (χ0) is 15.2. The number of carboxylic acids is 1. The number of nitrogens with zero attached hydrogens (tertiary/aromatic N) is 2. The molecule has 6 nitrogen and oxygen atoms in total. The van der Waals surface area contributed by atoms with Crippen molar-refractivity contribution in [2.75, 3.05) is 13.1 Å². The van der Waals surface area contributed by atoms with Gasteiger partial charge in [0.25, 0.3) is 0 Å². The van der Waals surface area contributed by atoms with E-state index in [1.807, 2.05) is 13.0 Å². The average Bonchev–Trinajstić information content (AvgIpc) is 2.93. The number of hydrogen-bond donors (Lipinski definition) is 2. The summed E-state index contributed by atoms with van der Waals surface area (Å²) in [6, 6.07) is 1.82. The molecule has 1 aromatic heterocycles. The van der Waals surface area contributed by atoms with Crippen molar-refractivity contribution in [3.63, 3.8) is 0 Å². The van der Waals surface area contributed by atoms with Crippen molar-refractivity contribution in [2.45, 2.75) is 32.7 Å². The molecule has 2 heterocycles. The molecule has 114 valence electrons. The summed E-state index contributed by atoms with van der Waals surface area (Å²) in [5, 5.41) is 11.6. The van der Waals surface area contributed by atoms with Crippen molar-refractivity contribution in [1.82, 2.24) is 15.2 Å². The van der Waals surface area contributed by atoms with Gasteiger partial charge in [0.05, 0.1) is 0 Å². The van der Waals surface area contributed by atoms with Crippen LogP contribution in [0.2, 0.25) is 0 Å². The Labute approximate surface area is 124 Å². The van der Waals surface area contributed by atoms with Gasteiger partial charge >= 0.3 is 12.0 Å². The zero-order valence-electron chi connectivity index (χ0n) is 12.2. The first-order valence-corrected chi connectivity index (χ1v) is 7.20. The summed E-state index contributed by atoms with van der Waals surface area (Å²) in [6.45, 7) is 3.80. The highest BCUT2D eigenvalue weighted by Crippen LogP contribution is 2.21. The maximum atomic E-state index is 12.1. The second-order valence-corrected chi connectivity index (χ2v) is 5.49. The Morgan fingerprint density at radius 1 is 1.52 bits per heavy atom. The van der Waals surface area contributed by atoms with Gasteiger partial charge in [0.1, 0.15) is 0 Å². The van der Waals surface area contributed by atoms with Gasteiger partial charge in [-0.15, -0.1) is 0 Å². The fraction of sp³-hybridized carbons (Fsp3) is 0.533. The third-order valence-corrected chi connectivity index (χ3v) is 3.91. The van der Waals surface area contributed by atoms with Crippen LogP contribution in [0.25, 0.3) is 0 Å². The Balaban J connectivity index is 1.77. The van der Waals surface area contributed by atoms with Gasteiger partial charge in [0, 0.05) is 38.4 Å². The molecule has 1 aliphatic rings. The molecule has 0 radical (unpaired) electrons. The van der Waals surface area contributed by atoms with E-state index < -0.39 is 5.97 Å². The molecule has 1 aliphatic heterocycles. The van der Waals surface area contributed by atoms with Crippen LogP contribution in [0, 0.1) is 12.8 Å². The van der Waals surface area contributed by atoms with E-state index in [0.717, 1.165) is 17.5 Å². The number of rotatable bonds is 5. The Kier molecular flexibility index (Phi) is 5.14. The highest BCUT2D eigenvalue weighted by atomic mass is 16.4. The molecule has 1 atom stereocenters. The summed E-state index contributed by atoms with van der Waals surface area (Å²) < 4.78 is 0. The molecule has 0 saturated carbocycles. The van der Waals surface area contributed by atoms with Crippen LogP contribution < -0.4 is 5.32 Å². The fourth-order valence-corrected chi connectivity index (χ4v) is 2.56. The van der Waals surface area contributed by atoms with E-state index in [-0.39, 0.29) is 12.5 Å². The maximum absolute atomic E-state index is 12.1.